The first-order valence-corrected chi connectivity index (χ1v) is 5.03. The summed E-state index contributed by atoms with van der Waals surface area (Å²) in [7, 11) is 1.43. The van der Waals surface area contributed by atoms with E-state index in [-0.39, 0.29) is 18.5 Å². The first kappa shape index (κ1) is 14.2. The van der Waals surface area contributed by atoms with Gasteiger partial charge in [-0.3, -0.25) is 4.79 Å². The Hall–Kier alpha value is -1.77. The van der Waals surface area contributed by atoms with Gasteiger partial charge in [0.1, 0.15) is 6.54 Å². The number of carbonyl (C=O) groups is 2. The SMILES string of the molecule is CCN(CC(C)C#N)C(=O)N(C)CC(=O)O. The first-order chi connectivity index (χ1) is 7.42. The predicted octanol–water partition coefficient (Wildman–Crippen LogP) is 0.604. The minimum atomic E-state index is -1.06. The Labute approximate surface area is 95.1 Å². The maximum atomic E-state index is 11.7. The number of amides is 2. The van der Waals surface area contributed by atoms with Gasteiger partial charge in [0, 0.05) is 20.1 Å². The Kier molecular flexibility index (Phi) is 5.93. The van der Waals surface area contributed by atoms with Crippen LogP contribution in [0.1, 0.15) is 13.8 Å². The van der Waals surface area contributed by atoms with Crippen molar-refractivity contribution in [1.29, 1.82) is 5.26 Å². The second-order valence-corrected chi connectivity index (χ2v) is 3.60. The minimum absolute atomic E-state index is 0.262. The second-order valence-electron chi connectivity index (χ2n) is 3.60. The predicted molar refractivity (Wildman–Crippen MR) is 57.7 cm³/mol. The molecule has 0 saturated carbocycles. The molecule has 0 rings (SSSR count). The van der Waals surface area contributed by atoms with Gasteiger partial charge in [-0.1, -0.05) is 0 Å². The lowest BCUT2D eigenvalue weighted by molar-refractivity contribution is -0.137. The van der Waals surface area contributed by atoms with Gasteiger partial charge in [0.2, 0.25) is 0 Å². The summed E-state index contributed by atoms with van der Waals surface area (Å²) < 4.78 is 0. The summed E-state index contributed by atoms with van der Waals surface area (Å²) in [6, 6.07) is 1.67. The van der Waals surface area contributed by atoms with Crippen molar-refractivity contribution in [3.8, 4) is 6.07 Å². The lowest BCUT2D eigenvalue weighted by Gasteiger charge is -2.26. The van der Waals surface area contributed by atoms with Crippen molar-refractivity contribution in [2.45, 2.75) is 13.8 Å². The largest absolute Gasteiger partial charge is 0.480 e. The van der Waals surface area contributed by atoms with E-state index in [0.29, 0.717) is 13.1 Å². The molecule has 0 aromatic heterocycles. The highest BCUT2D eigenvalue weighted by atomic mass is 16.4. The van der Waals surface area contributed by atoms with Gasteiger partial charge in [0.05, 0.1) is 12.0 Å². The number of rotatable bonds is 5. The topological polar surface area (TPSA) is 84.6 Å². The summed E-state index contributed by atoms with van der Waals surface area (Å²) in [5.74, 6) is -1.32. The van der Waals surface area contributed by atoms with E-state index in [1.54, 1.807) is 13.8 Å². The van der Waals surface area contributed by atoms with Gasteiger partial charge in [-0.05, 0) is 13.8 Å². The van der Waals surface area contributed by atoms with E-state index in [0.717, 1.165) is 4.90 Å². The number of aliphatic carboxylic acids is 1. The summed E-state index contributed by atoms with van der Waals surface area (Å²) >= 11 is 0. The molecule has 0 bridgehead atoms. The maximum Gasteiger partial charge on any atom is 0.323 e. The molecule has 0 aliphatic rings. The number of carbonyl (C=O) groups excluding carboxylic acids is 1. The van der Waals surface area contributed by atoms with Gasteiger partial charge in [0.25, 0.3) is 0 Å². The van der Waals surface area contributed by atoms with Gasteiger partial charge < -0.3 is 14.9 Å². The molecule has 0 aliphatic heterocycles. The Bertz CT molecular complexity index is 298. The van der Waals surface area contributed by atoms with Crippen LogP contribution in [0.4, 0.5) is 4.79 Å². The van der Waals surface area contributed by atoms with E-state index < -0.39 is 5.97 Å². The van der Waals surface area contributed by atoms with E-state index in [4.69, 9.17) is 10.4 Å². The number of likely N-dealkylation sites (N-methyl/N-ethyl adjacent to an activating group) is 1. The van der Waals surface area contributed by atoms with Crippen LogP contribution < -0.4 is 0 Å². The lowest BCUT2D eigenvalue weighted by Crippen LogP contribution is -2.44. The number of nitriles is 1. The zero-order valence-electron chi connectivity index (χ0n) is 9.80. The molecule has 1 N–H and O–H groups in total. The van der Waals surface area contributed by atoms with Crippen molar-refractivity contribution in [2.24, 2.45) is 5.92 Å². The lowest BCUT2D eigenvalue weighted by atomic mass is 10.2. The Balaban J connectivity index is 4.41. The molecule has 1 atom stereocenters. The van der Waals surface area contributed by atoms with E-state index in [9.17, 15) is 9.59 Å². The van der Waals surface area contributed by atoms with Crippen LogP contribution in [-0.4, -0.2) is 53.6 Å². The number of carboxylic acids is 1. The number of urea groups is 1. The zero-order chi connectivity index (χ0) is 12.7. The van der Waals surface area contributed by atoms with Crippen molar-refractivity contribution in [1.82, 2.24) is 9.80 Å². The Morgan fingerprint density at radius 1 is 1.50 bits per heavy atom. The van der Waals surface area contributed by atoms with Crippen LogP contribution >= 0.6 is 0 Å². The molecule has 0 aromatic carbocycles. The molecule has 2 amide bonds. The molecule has 0 spiro atoms. The van der Waals surface area contributed by atoms with Crippen LogP contribution in [0.15, 0.2) is 0 Å². The van der Waals surface area contributed by atoms with Crippen LogP contribution in [0.25, 0.3) is 0 Å². The maximum absolute atomic E-state index is 11.7. The normalized spacial score (nSPS) is 11.4. The highest BCUT2D eigenvalue weighted by Crippen LogP contribution is 2.02. The average Bonchev–Trinajstić information content (AvgIpc) is 2.23. The van der Waals surface area contributed by atoms with E-state index in [2.05, 4.69) is 0 Å². The summed E-state index contributed by atoms with van der Waals surface area (Å²) in [5.41, 5.74) is 0. The zero-order valence-corrected chi connectivity index (χ0v) is 9.80. The minimum Gasteiger partial charge on any atom is -0.480 e. The molecule has 0 heterocycles. The third-order valence-electron chi connectivity index (χ3n) is 2.07. The van der Waals surface area contributed by atoms with Crippen LogP contribution in [-0.2, 0) is 4.79 Å². The summed E-state index contributed by atoms with van der Waals surface area (Å²) in [5, 5.41) is 17.2. The van der Waals surface area contributed by atoms with Gasteiger partial charge in [-0.15, -0.1) is 0 Å². The molecule has 90 valence electrons. The monoisotopic (exact) mass is 227 g/mol. The van der Waals surface area contributed by atoms with Crippen LogP contribution in [0.5, 0.6) is 0 Å². The fourth-order valence-electron chi connectivity index (χ4n) is 1.23. The quantitative estimate of drug-likeness (QED) is 0.745. The molecule has 0 fully saturated rings. The second kappa shape index (κ2) is 6.67. The number of hydrogen-bond acceptors (Lipinski definition) is 3. The highest BCUT2D eigenvalue weighted by molar-refractivity contribution is 5.79. The van der Waals surface area contributed by atoms with Gasteiger partial charge in [-0.2, -0.15) is 5.26 Å². The fraction of sp³-hybridized carbons (Fsp3) is 0.700. The summed E-state index contributed by atoms with van der Waals surface area (Å²) in [6.45, 7) is 3.94. The molecule has 0 saturated heterocycles. The van der Waals surface area contributed by atoms with Crippen LogP contribution in [0, 0.1) is 17.2 Å². The third-order valence-corrected chi connectivity index (χ3v) is 2.07. The molecule has 0 aromatic rings. The van der Waals surface area contributed by atoms with Crippen molar-refractivity contribution >= 4 is 12.0 Å². The highest BCUT2D eigenvalue weighted by Gasteiger charge is 2.19. The van der Waals surface area contributed by atoms with Crippen molar-refractivity contribution < 1.29 is 14.7 Å². The third kappa shape index (κ3) is 4.64. The summed E-state index contributed by atoms with van der Waals surface area (Å²) in [6.07, 6.45) is 0. The van der Waals surface area contributed by atoms with Crippen molar-refractivity contribution in [3.63, 3.8) is 0 Å². The number of carboxylic acid groups (broad SMARTS) is 1. The fourth-order valence-corrected chi connectivity index (χ4v) is 1.23. The van der Waals surface area contributed by atoms with Gasteiger partial charge in [0.15, 0.2) is 0 Å². The van der Waals surface area contributed by atoms with Crippen LogP contribution in [0.2, 0.25) is 0 Å². The molecule has 6 nitrogen and oxygen atoms in total. The standard InChI is InChI=1S/C10H17N3O3/c1-4-13(6-8(2)5-11)10(16)12(3)7-9(14)15/h8H,4,6-7H2,1-3H3,(H,14,15). The molecule has 0 aliphatic carbocycles. The van der Waals surface area contributed by atoms with E-state index >= 15 is 0 Å². The first-order valence-electron chi connectivity index (χ1n) is 5.03. The molecular formula is C10H17N3O3. The molecular weight excluding hydrogens is 210 g/mol. The van der Waals surface area contributed by atoms with Gasteiger partial charge in [-0.25, -0.2) is 4.79 Å². The average molecular weight is 227 g/mol. The smallest absolute Gasteiger partial charge is 0.323 e. The van der Waals surface area contributed by atoms with E-state index in [1.165, 1.54) is 11.9 Å². The number of hydrogen-bond donors (Lipinski definition) is 1. The molecule has 16 heavy (non-hydrogen) atoms. The molecule has 6 heteroatoms. The van der Waals surface area contributed by atoms with Crippen LogP contribution in [0.3, 0.4) is 0 Å². The van der Waals surface area contributed by atoms with Gasteiger partial charge >= 0.3 is 12.0 Å². The summed E-state index contributed by atoms with van der Waals surface area (Å²) in [4.78, 5) is 24.8. The van der Waals surface area contributed by atoms with E-state index in [1.807, 2.05) is 6.07 Å². The molecule has 0 radical (unpaired) electrons. The van der Waals surface area contributed by atoms with Crippen molar-refractivity contribution in [3.05, 3.63) is 0 Å². The number of nitrogens with zero attached hydrogens (tertiary/aromatic N) is 3. The Morgan fingerprint density at radius 2 is 2.06 bits per heavy atom. The molecule has 1 unspecified atom stereocenters. The van der Waals surface area contributed by atoms with Crippen molar-refractivity contribution in [2.75, 3.05) is 26.7 Å². The Morgan fingerprint density at radius 3 is 2.44 bits per heavy atom.